The van der Waals surface area contributed by atoms with Gasteiger partial charge >= 0.3 is 0 Å². The van der Waals surface area contributed by atoms with Crippen molar-refractivity contribution in [3.05, 3.63) is 72.4 Å². The summed E-state index contributed by atoms with van der Waals surface area (Å²) < 4.78 is 8.68. The number of ether oxygens (including phenoxy) is 1. The minimum Gasteiger partial charge on any atom is -0.481 e. The van der Waals surface area contributed by atoms with Crippen molar-refractivity contribution in [1.82, 2.24) is 34.3 Å². The van der Waals surface area contributed by atoms with Crippen LogP contribution in [0.15, 0.2) is 61.2 Å². The molecule has 11 heteroatoms. The number of pyridine rings is 3. The van der Waals surface area contributed by atoms with Crippen molar-refractivity contribution in [3.8, 4) is 34.2 Å². The third-order valence-electron chi connectivity index (χ3n) is 7.03. The van der Waals surface area contributed by atoms with E-state index in [0.29, 0.717) is 17.0 Å². The number of hydrogen-bond acceptors (Lipinski definition) is 9. The molecule has 0 amide bonds. The first kappa shape index (κ1) is 24.4. The normalized spacial score (nSPS) is 14.0. The van der Waals surface area contributed by atoms with Gasteiger partial charge in [-0.05, 0) is 24.3 Å². The van der Waals surface area contributed by atoms with Gasteiger partial charge in [-0.3, -0.25) is 9.58 Å². The van der Waals surface area contributed by atoms with E-state index in [2.05, 4.69) is 31.1 Å². The van der Waals surface area contributed by atoms with E-state index in [9.17, 15) is 5.26 Å². The lowest BCUT2D eigenvalue weighted by Crippen LogP contribution is -2.46. The molecule has 0 bridgehead atoms. The lowest BCUT2D eigenvalue weighted by Gasteiger charge is -2.35. The highest BCUT2D eigenvalue weighted by Gasteiger charge is 2.21. The molecule has 11 nitrogen and oxygen atoms in total. The summed E-state index contributed by atoms with van der Waals surface area (Å²) >= 11 is 0. The number of nitrogens with zero attached hydrogens (tertiary/aromatic N) is 9. The van der Waals surface area contributed by atoms with Crippen LogP contribution < -0.4 is 15.4 Å². The Balaban J connectivity index is 1.24. The lowest BCUT2D eigenvalue weighted by molar-refractivity contribution is 0.245. The van der Waals surface area contributed by atoms with Crippen LogP contribution in [0.25, 0.3) is 27.8 Å². The first-order valence-electron chi connectivity index (χ1n) is 12.7. The van der Waals surface area contributed by atoms with Gasteiger partial charge in [0.25, 0.3) is 0 Å². The molecular weight excluding hydrogens is 492 g/mol. The van der Waals surface area contributed by atoms with Crippen molar-refractivity contribution in [2.75, 3.05) is 43.9 Å². The van der Waals surface area contributed by atoms with E-state index in [1.54, 1.807) is 22.5 Å². The Hall–Kier alpha value is -4.95. The van der Waals surface area contributed by atoms with Crippen LogP contribution in [0.5, 0.6) is 5.88 Å². The van der Waals surface area contributed by atoms with E-state index in [-0.39, 0.29) is 5.82 Å². The standard InChI is InChI=1S/C28H28N10O/c1-35-16-21(15-32-35)20-12-23(27-24(13-29)28(30)34-38(27)17-20)19-6-7-25(31-14-19)37-10-8-36(9-11-37)18-22-4-3-5-26(33-22)39-2/h3-7,12,14-17H,8-11,18H2,1-2H3,(H2,30,34). The van der Waals surface area contributed by atoms with Crippen LogP contribution >= 0.6 is 0 Å². The Bertz CT molecular complexity index is 1670. The minimum atomic E-state index is 0.202. The molecule has 1 aliphatic rings. The van der Waals surface area contributed by atoms with Crippen molar-refractivity contribution >= 4 is 17.2 Å². The largest absolute Gasteiger partial charge is 0.481 e. The number of nitrogens with two attached hydrogens (primary N) is 1. The second kappa shape index (κ2) is 10.1. The van der Waals surface area contributed by atoms with Gasteiger partial charge in [0.15, 0.2) is 5.82 Å². The number of hydrogen-bond donors (Lipinski definition) is 1. The number of anilines is 2. The fraction of sp³-hybridized carbons (Fsp3) is 0.250. The highest BCUT2D eigenvalue weighted by Crippen LogP contribution is 2.34. The predicted molar refractivity (Wildman–Crippen MR) is 148 cm³/mol. The van der Waals surface area contributed by atoms with E-state index >= 15 is 0 Å². The van der Waals surface area contributed by atoms with E-state index in [1.807, 2.05) is 62.0 Å². The molecule has 0 unspecified atom stereocenters. The average Bonchev–Trinajstić information content (AvgIpc) is 3.55. The van der Waals surface area contributed by atoms with E-state index in [0.717, 1.165) is 66.5 Å². The number of fused-ring (bicyclic) bond motifs is 1. The summed E-state index contributed by atoms with van der Waals surface area (Å²) in [5, 5.41) is 18.5. The monoisotopic (exact) mass is 520 g/mol. The van der Waals surface area contributed by atoms with Gasteiger partial charge in [-0.15, -0.1) is 5.10 Å². The minimum absolute atomic E-state index is 0.202. The molecule has 0 saturated carbocycles. The van der Waals surface area contributed by atoms with Crippen LogP contribution in [0.4, 0.5) is 11.6 Å². The van der Waals surface area contributed by atoms with Crippen LogP contribution in [-0.4, -0.2) is 67.6 Å². The van der Waals surface area contributed by atoms with Gasteiger partial charge in [0, 0.05) is 86.7 Å². The Kier molecular flexibility index (Phi) is 6.30. The molecule has 0 atom stereocenters. The molecule has 0 radical (unpaired) electrons. The number of rotatable bonds is 6. The second-order valence-corrected chi connectivity index (χ2v) is 9.55. The van der Waals surface area contributed by atoms with Gasteiger partial charge < -0.3 is 15.4 Å². The Labute approximate surface area is 225 Å². The number of methoxy groups -OCH3 is 1. The van der Waals surface area contributed by atoms with Crippen molar-refractivity contribution in [3.63, 3.8) is 0 Å². The van der Waals surface area contributed by atoms with Crippen LogP contribution in [-0.2, 0) is 13.6 Å². The molecule has 1 aliphatic heterocycles. The summed E-state index contributed by atoms with van der Waals surface area (Å²) in [7, 11) is 3.51. The van der Waals surface area contributed by atoms with E-state index < -0.39 is 0 Å². The molecule has 0 aromatic carbocycles. The smallest absolute Gasteiger partial charge is 0.213 e. The van der Waals surface area contributed by atoms with Gasteiger partial charge in [0.1, 0.15) is 17.5 Å². The molecule has 6 heterocycles. The molecule has 196 valence electrons. The average molecular weight is 521 g/mol. The van der Waals surface area contributed by atoms with Crippen molar-refractivity contribution < 1.29 is 4.74 Å². The van der Waals surface area contributed by atoms with Crippen LogP contribution in [0.1, 0.15) is 11.3 Å². The molecule has 0 aliphatic carbocycles. The zero-order chi connectivity index (χ0) is 26.9. The van der Waals surface area contributed by atoms with Gasteiger partial charge in [0.2, 0.25) is 5.88 Å². The Morgan fingerprint density at radius 2 is 1.87 bits per heavy atom. The summed E-state index contributed by atoms with van der Waals surface area (Å²) in [6.07, 6.45) is 7.46. The SMILES string of the molecule is COc1cccc(CN2CCN(c3ccc(-c4cc(-c5cnn(C)c5)cn5nc(N)c(C#N)c45)cn3)CC2)n1. The van der Waals surface area contributed by atoms with Crippen LogP contribution in [0.2, 0.25) is 0 Å². The molecule has 5 aromatic rings. The first-order valence-corrected chi connectivity index (χ1v) is 12.7. The molecule has 39 heavy (non-hydrogen) atoms. The Morgan fingerprint density at radius 1 is 1.03 bits per heavy atom. The van der Waals surface area contributed by atoms with Gasteiger partial charge in [0.05, 0.1) is 24.5 Å². The zero-order valence-electron chi connectivity index (χ0n) is 21.8. The van der Waals surface area contributed by atoms with Crippen molar-refractivity contribution in [1.29, 1.82) is 5.26 Å². The topological polar surface area (TPSA) is 126 Å². The molecule has 0 spiro atoms. The third kappa shape index (κ3) is 4.73. The summed E-state index contributed by atoms with van der Waals surface area (Å²) in [5.74, 6) is 1.76. The highest BCUT2D eigenvalue weighted by molar-refractivity contribution is 5.90. The van der Waals surface area contributed by atoms with Gasteiger partial charge in [-0.2, -0.15) is 10.4 Å². The van der Waals surface area contributed by atoms with Crippen LogP contribution in [0.3, 0.4) is 0 Å². The molecule has 1 saturated heterocycles. The summed E-state index contributed by atoms with van der Waals surface area (Å²) in [6, 6.07) is 14.2. The lowest BCUT2D eigenvalue weighted by atomic mass is 10.0. The molecule has 6 rings (SSSR count). The fourth-order valence-corrected chi connectivity index (χ4v) is 5.01. The number of aryl methyl sites for hydroxylation is 1. The molecular formula is C28H28N10O. The van der Waals surface area contributed by atoms with Crippen molar-refractivity contribution in [2.24, 2.45) is 7.05 Å². The number of aromatic nitrogens is 6. The quantitative estimate of drug-likeness (QED) is 0.359. The number of nitrogen functional groups attached to an aromatic ring is 1. The van der Waals surface area contributed by atoms with Gasteiger partial charge in [-0.25, -0.2) is 14.5 Å². The highest BCUT2D eigenvalue weighted by atomic mass is 16.5. The maximum atomic E-state index is 9.79. The molecule has 5 aromatic heterocycles. The third-order valence-corrected chi connectivity index (χ3v) is 7.03. The number of piperazine rings is 1. The van der Waals surface area contributed by atoms with Gasteiger partial charge in [-0.1, -0.05) is 6.07 Å². The summed E-state index contributed by atoms with van der Waals surface area (Å²) in [4.78, 5) is 14.0. The zero-order valence-corrected chi connectivity index (χ0v) is 21.8. The first-order chi connectivity index (χ1) is 19.0. The maximum Gasteiger partial charge on any atom is 0.213 e. The summed E-state index contributed by atoms with van der Waals surface area (Å²) in [6.45, 7) is 4.35. The second-order valence-electron chi connectivity index (χ2n) is 9.55. The predicted octanol–water partition coefficient (Wildman–Crippen LogP) is 2.98. The van der Waals surface area contributed by atoms with Crippen molar-refractivity contribution in [2.45, 2.75) is 6.54 Å². The maximum absolute atomic E-state index is 9.79. The van der Waals surface area contributed by atoms with E-state index in [1.165, 1.54) is 0 Å². The molecule has 1 fully saturated rings. The summed E-state index contributed by atoms with van der Waals surface area (Å²) in [5.41, 5.74) is 11.7. The fourth-order valence-electron chi connectivity index (χ4n) is 5.01. The van der Waals surface area contributed by atoms with E-state index in [4.69, 9.17) is 15.5 Å². The number of nitriles is 1. The van der Waals surface area contributed by atoms with Crippen LogP contribution in [0, 0.1) is 11.3 Å². The molecule has 2 N–H and O–H groups in total. The Morgan fingerprint density at radius 3 is 2.56 bits per heavy atom.